The minimum atomic E-state index is 0.560. The molecule has 0 saturated heterocycles. The van der Waals surface area contributed by atoms with Gasteiger partial charge in [-0.3, -0.25) is 0 Å². The Morgan fingerprint density at radius 1 is 1.30 bits per heavy atom. The van der Waals surface area contributed by atoms with Crippen molar-refractivity contribution in [1.29, 1.82) is 0 Å². The highest BCUT2D eigenvalue weighted by Gasteiger charge is 2.10. The number of hydrogen-bond donors (Lipinski definition) is 0. The standard InChI is InChI=1S/C8H9OS/c1-6-4-3-5-8(10-9)7(6)2/h3-5H,1-2H3/q+1. The first-order valence-corrected chi connectivity index (χ1v) is 3.86. The SMILES string of the molecule is Cc1cccc([S+]=O)c1C. The summed E-state index contributed by atoms with van der Waals surface area (Å²) in [6.07, 6.45) is 0. The monoisotopic (exact) mass is 153 g/mol. The third-order valence-corrected chi connectivity index (χ3v) is 2.27. The van der Waals surface area contributed by atoms with Crippen molar-refractivity contribution >= 4 is 11.7 Å². The quantitative estimate of drug-likeness (QED) is 0.564. The maximum absolute atomic E-state index is 10.4. The highest BCUT2D eigenvalue weighted by atomic mass is 32.1. The molecule has 52 valence electrons. The smallest absolute Gasteiger partial charge is 0.0586 e. The van der Waals surface area contributed by atoms with E-state index in [0.29, 0.717) is 11.7 Å². The van der Waals surface area contributed by atoms with Gasteiger partial charge in [0.15, 0.2) is 0 Å². The van der Waals surface area contributed by atoms with E-state index in [0.717, 1.165) is 10.5 Å². The number of rotatable bonds is 1. The van der Waals surface area contributed by atoms with Crippen molar-refractivity contribution in [2.75, 3.05) is 0 Å². The molecule has 0 aliphatic carbocycles. The summed E-state index contributed by atoms with van der Waals surface area (Å²) in [5, 5.41) is 0. The van der Waals surface area contributed by atoms with E-state index < -0.39 is 0 Å². The van der Waals surface area contributed by atoms with Gasteiger partial charge in [-0.1, -0.05) is 12.1 Å². The van der Waals surface area contributed by atoms with Crippen LogP contribution < -0.4 is 0 Å². The van der Waals surface area contributed by atoms with Gasteiger partial charge < -0.3 is 0 Å². The molecule has 0 amide bonds. The number of aryl methyl sites for hydroxylation is 1. The fourth-order valence-electron chi connectivity index (χ4n) is 0.814. The minimum absolute atomic E-state index is 0.560. The van der Waals surface area contributed by atoms with Gasteiger partial charge in [-0.15, -0.1) is 0 Å². The van der Waals surface area contributed by atoms with Crippen molar-refractivity contribution < 1.29 is 4.21 Å². The first kappa shape index (κ1) is 7.35. The summed E-state index contributed by atoms with van der Waals surface area (Å²) in [6.45, 7) is 3.98. The third-order valence-electron chi connectivity index (χ3n) is 1.64. The molecule has 1 rings (SSSR count). The molecule has 0 N–H and O–H groups in total. The molecular weight excluding hydrogens is 144 g/mol. The third kappa shape index (κ3) is 1.21. The lowest BCUT2D eigenvalue weighted by molar-refractivity contribution is 0.604. The number of benzene rings is 1. The molecule has 0 saturated carbocycles. The molecule has 1 nitrogen and oxygen atoms in total. The van der Waals surface area contributed by atoms with Crippen LogP contribution in [0.2, 0.25) is 0 Å². The number of hydrogen-bond acceptors (Lipinski definition) is 1. The zero-order valence-corrected chi connectivity index (χ0v) is 6.87. The Hall–Kier alpha value is -0.760. The van der Waals surface area contributed by atoms with Crippen LogP contribution in [0.15, 0.2) is 23.1 Å². The van der Waals surface area contributed by atoms with Gasteiger partial charge in [0, 0.05) is 15.8 Å². The second-order valence-electron chi connectivity index (χ2n) is 2.28. The van der Waals surface area contributed by atoms with Crippen molar-refractivity contribution in [3.8, 4) is 0 Å². The molecule has 1 aromatic carbocycles. The lowest BCUT2D eigenvalue weighted by Gasteiger charge is -1.92. The Morgan fingerprint density at radius 2 is 2.00 bits per heavy atom. The van der Waals surface area contributed by atoms with E-state index in [-0.39, 0.29) is 0 Å². The average molecular weight is 153 g/mol. The molecular formula is C8H9OS+. The van der Waals surface area contributed by atoms with Crippen LogP contribution >= 0.6 is 0 Å². The van der Waals surface area contributed by atoms with Crippen molar-refractivity contribution in [3.05, 3.63) is 29.3 Å². The highest BCUT2D eigenvalue weighted by molar-refractivity contribution is 7.65. The highest BCUT2D eigenvalue weighted by Crippen LogP contribution is 2.11. The van der Waals surface area contributed by atoms with Crippen molar-refractivity contribution in [1.82, 2.24) is 0 Å². The molecule has 0 aliphatic rings. The second kappa shape index (κ2) is 2.88. The Balaban J connectivity index is 3.27. The van der Waals surface area contributed by atoms with Crippen LogP contribution in [0.1, 0.15) is 11.1 Å². The van der Waals surface area contributed by atoms with Gasteiger partial charge in [0.1, 0.15) is 0 Å². The van der Waals surface area contributed by atoms with Crippen molar-refractivity contribution in [3.63, 3.8) is 0 Å². The second-order valence-corrected chi connectivity index (χ2v) is 2.89. The normalized spacial score (nSPS) is 9.40. The summed E-state index contributed by atoms with van der Waals surface area (Å²) in [5.74, 6) is 0. The summed E-state index contributed by atoms with van der Waals surface area (Å²) in [5.41, 5.74) is 2.28. The van der Waals surface area contributed by atoms with Crippen molar-refractivity contribution in [2.45, 2.75) is 18.7 Å². The molecule has 2 heteroatoms. The molecule has 1 aromatic rings. The molecule has 0 spiro atoms. The van der Waals surface area contributed by atoms with E-state index in [1.54, 1.807) is 0 Å². The predicted molar refractivity (Wildman–Crippen MR) is 42.2 cm³/mol. The maximum Gasteiger partial charge on any atom is 0.505 e. The van der Waals surface area contributed by atoms with Gasteiger partial charge in [-0.25, -0.2) is 0 Å². The molecule has 0 heterocycles. The fourth-order valence-corrected chi connectivity index (χ4v) is 1.23. The van der Waals surface area contributed by atoms with Gasteiger partial charge in [-0.2, -0.15) is 0 Å². The molecule has 0 aromatic heterocycles. The molecule has 0 fully saturated rings. The first-order valence-electron chi connectivity index (χ1n) is 3.11. The Bertz CT molecular complexity index is 255. The molecule has 0 radical (unpaired) electrons. The van der Waals surface area contributed by atoms with Gasteiger partial charge >= 0.3 is 11.7 Å². The largest absolute Gasteiger partial charge is 0.505 e. The van der Waals surface area contributed by atoms with E-state index >= 15 is 0 Å². The summed E-state index contributed by atoms with van der Waals surface area (Å²) in [6, 6.07) is 5.76. The van der Waals surface area contributed by atoms with E-state index in [9.17, 15) is 4.21 Å². The molecule has 0 unspecified atom stereocenters. The average Bonchev–Trinajstić information content (AvgIpc) is 1.95. The zero-order chi connectivity index (χ0) is 7.56. The van der Waals surface area contributed by atoms with Crippen LogP contribution in [0.3, 0.4) is 0 Å². The summed E-state index contributed by atoms with van der Waals surface area (Å²) in [7, 11) is 0. The van der Waals surface area contributed by atoms with E-state index in [4.69, 9.17) is 0 Å². The van der Waals surface area contributed by atoms with Gasteiger partial charge in [0.05, 0.1) is 0 Å². The summed E-state index contributed by atoms with van der Waals surface area (Å²) < 4.78 is 10.4. The van der Waals surface area contributed by atoms with Gasteiger partial charge in [-0.05, 0) is 19.4 Å². The van der Waals surface area contributed by atoms with Crippen LogP contribution in [-0.4, -0.2) is 0 Å². The van der Waals surface area contributed by atoms with Crippen LogP contribution in [0, 0.1) is 13.8 Å². The Morgan fingerprint density at radius 3 is 2.50 bits per heavy atom. The molecule has 0 aliphatic heterocycles. The van der Waals surface area contributed by atoms with Crippen LogP contribution in [0.25, 0.3) is 0 Å². The van der Waals surface area contributed by atoms with E-state index in [2.05, 4.69) is 0 Å². The van der Waals surface area contributed by atoms with Crippen LogP contribution in [-0.2, 0) is 15.9 Å². The van der Waals surface area contributed by atoms with Crippen LogP contribution in [0.5, 0.6) is 0 Å². The lowest BCUT2D eigenvalue weighted by Crippen LogP contribution is -1.84. The van der Waals surface area contributed by atoms with E-state index in [1.807, 2.05) is 32.0 Å². The van der Waals surface area contributed by atoms with Gasteiger partial charge in [0.2, 0.25) is 0 Å². The van der Waals surface area contributed by atoms with Gasteiger partial charge in [0.25, 0.3) is 4.90 Å². The molecule has 0 bridgehead atoms. The molecule has 0 atom stereocenters. The zero-order valence-electron chi connectivity index (χ0n) is 6.05. The first-order chi connectivity index (χ1) is 4.75. The van der Waals surface area contributed by atoms with E-state index in [1.165, 1.54) is 5.56 Å². The summed E-state index contributed by atoms with van der Waals surface area (Å²) in [4.78, 5) is 0.833. The molecule has 10 heavy (non-hydrogen) atoms. The fraction of sp³-hybridized carbons (Fsp3) is 0.250. The Labute approximate surface area is 64.6 Å². The Kier molecular flexibility index (Phi) is 2.12. The summed E-state index contributed by atoms with van der Waals surface area (Å²) >= 11 is 0.560. The topological polar surface area (TPSA) is 17.1 Å². The maximum atomic E-state index is 10.4. The predicted octanol–water partition coefficient (Wildman–Crippen LogP) is 2.09. The minimum Gasteiger partial charge on any atom is -0.0586 e. The van der Waals surface area contributed by atoms with Crippen LogP contribution in [0.4, 0.5) is 0 Å². The van der Waals surface area contributed by atoms with Crippen molar-refractivity contribution in [2.24, 2.45) is 0 Å². The lowest BCUT2D eigenvalue weighted by atomic mass is 10.1.